The van der Waals surface area contributed by atoms with Crippen LogP contribution >= 0.6 is 23.0 Å². The number of ketones is 1. The van der Waals surface area contributed by atoms with E-state index in [1.165, 1.54) is 0 Å². The first kappa shape index (κ1) is 13.3. The van der Waals surface area contributed by atoms with Gasteiger partial charge in [-0.15, -0.1) is 0 Å². The molecule has 0 bridgehead atoms. The van der Waals surface area contributed by atoms with Gasteiger partial charge in [-0.1, -0.05) is 13.8 Å². The molecule has 16 heavy (non-hydrogen) atoms. The van der Waals surface area contributed by atoms with Crippen LogP contribution in [0.2, 0.25) is 0 Å². The molecule has 0 unspecified atom stereocenters. The summed E-state index contributed by atoms with van der Waals surface area (Å²) in [6.45, 7) is 6.38. The zero-order chi connectivity index (χ0) is 12.1. The van der Waals surface area contributed by atoms with Crippen molar-refractivity contribution in [2.45, 2.75) is 27.2 Å². The van der Waals surface area contributed by atoms with Crippen molar-refractivity contribution >= 4 is 28.8 Å². The highest BCUT2D eigenvalue weighted by Gasteiger charge is 2.22. The minimum absolute atomic E-state index is 0.129. The molecule has 0 N–H and O–H groups in total. The molecule has 1 aliphatic heterocycles. The summed E-state index contributed by atoms with van der Waals surface area (Å²) in [7, 11) is 0. The van der Waals surface area contributed by atoms with Crippen molar-refractivity contribution in [3.63, 3.8) is 0 Å². The lowest BCUT2D eigenvalue weighted by atomic mass is 10.0. The van der Waals surface area contributed by atoms with Crippen LogP contribution in [0.15, 0.2) is 12.1 Å². The highest BCUT2D eigenvalue weighted by atomic mass is 127. The van der Waals surface area contributed by atoms with Gasteiger partial charge < -0.3 is 7.80 Å². The summed E-state index contributed by atoms with van der Waals surface area (Å²) in [5.41, 5.74) is 1.65. The molecule has 0 fully saturated rings. The lowest BCUT2D eigenvalue weighted by Gasteiger charge is -2.18. The Morgan fingerprint density at radius 3 is 2.69 bits per heavy atom. The SMILES string of the molecule is CC.Cc1cc(OI)c2c(c1)C(=O)CCO2. The van der Waals surface area contributed by atoms with E-state index in [2.05, 4.69) is 0 Å². The summed E-state index contributed by atoms with van der Waals surface area (Å²) in [6.07, 6.45) is 0.455. The van der Waals surface area contributed by atoms with E-state index in [-0.39, 0.29) is 5.78 Å². The standard InChI is InChI=1S/C10H9IO3.C2H6/c1-6-4-7-8(12)2-3-13-10(7)9(5-6)14-11;1-2/h4-5H,2-3H2,1H3;1-2H3. The van der Waals surface area contributed by atoms with E-state index < -0.39 is 0 Å². The Kier molecular flexibility index (Phi) is 5.05. The third kappa shape index (κ3) is 2.66. The van der Waals surface area contributed by atoms with Gasteiger partial charge in [0.15, 0.2) is 40.3 Å². The number of carbonyl (C=O) groups is 1. The van der Waals surface area contributed by atoms with Crippen molar-refractivity contribution in [1.29, 1.82) is 0 Å². The second kappa shape index (κ2) is 6.08. The van der Waals surface area contributed by atoms with Crippen LogP contribution in [0.1, 0.15) is 36.2 Å². The lowest BCUT2D eigenvalue weighted by molar-refractivity contribution is 0.0932. The number of carbonyl (C=O) groups excluding carboxylic acids is 1. The summed E-state index contributed by atoms with van der Waals surface area (Å²) in [5.74, 6) is 1.35. The van der Waals surface area contributed by atoms with E-state index in [1.807, 2.05) is 32.9 Å². The van der Waals surface area contributed by atoms with Crippen molar-refractivity contribution < 1.29 is 12.6 Å². The largest absolute Gasteiger partial charge is 0.488 e. The van der Waals surface area contributed by atoms with Gasteiger partial charge in [-0.3, -0.25) is 4.79 Å². The number of hydrogen-bond donors (Lipinski definition) is 0. The molecule has 1 heterocycles. The molecule has 0 amide bonds. The van der Waals surface area contributed by atoms with E-state index in [0.29, 0.717) is 30.1 Å². The Bertz CT molecular complexity index is 388. The molecule has 0 radical (unpaired) electrons. The smallest absolute Gasteiger partial charge is 0.192 e. The number of fused-ring (bicyclic) bond motifs is 1. The molecule has 0 aromatic heterocycles. The average molecular weight is 334 g/mol. The van der Waals surface area contributed by atoms with Crippen LogP contribution in [0.25, 0.3) is 0 Å². The molecule has 1 aromatic rings. The number of Topliss-reactive ketones (excluding diaryl/α,β-unsaturated/α-hetero) is 1. The Morgan fingerprint density at radius 2 is 2.06 bits per heavy atom. The van der Waals surface area contributed by atoms with Gasteiger partial charge in [0.1, 0.15) is 0 Å². The van der Waals surface area contributed by atoms with Crippen LogP contribution in [0.5, 0.6) is 11.5 Å². The van der Waals surface area contributed by atoms with Crippen molar-refractivity contribution in [1.82, 2.24) is 0 Å². The normalized spacial score (nSPS) is 13.1. The maximum absolute atomic E-state index is 11.6. The third-order valence-electron chi connectivity index (χ3n) is 2.16. The number of hydrogen-bond acceptors (Lipinski definition) is 3. The van der Waals surface area contributed by atoms with Gasteiger partial charge in [-0.25, -0.2) is 0 Å². The van der Waals surface area contributed by atoms with Gasteiger partial charge in [-0.2, -0.15) is 0 Å². The first-order valence-electron chi connectivity index (χ1n) is 5.31. The van der Waals surface area contributed by atoms with Crippen LogP contribution in [0, 0.1) is 6.92 Å². The zero-order valence-corrected chi connectivity index (χ0v) is 11.8. The summed E-state index contributed by atoms with van der Waals surface area (Å²) in [4.78, 5) is 11.6. The second-order valence-electron chi connectivity index (χ2n) is 3.24. The van der Waals surface area contributed by atoms with E-state index in [1.54, 1.807) is 23.0 Å². The van der Waals surface area contributed by atoms with Crippen molar-refractivity contribution in [3.05, 3.63) is 23.3 Å². The molecule has 1 aromatic carbocycles. The number of halogens is 1. The minimum atomic E-state index is 0.129. The highest BCUT2D eigenvalue weighted by molar-refractivity contribution is 14.1. The maximum Gasteiger partial charge on any atom is 0.192 e. The Labute approximate surface area is 110 Å². The van der Waals surface area contributed by atoms with E-state index in [9.17, 15) is 4.79 Å². The molecule has 1 aliphatic rings. The molecule has 0 aliphatic carbocycles. The first-order chi connectivity index (χ1) is 7.72. The molecule has 0 spiro atoms. The van der Waals surface area contributed by atoms with Gasteiger partial charge in [0, 0.05) is 6.42 Å². The molecule has 88 valence electrons. The predicted molar refractivity (Wildman–Crippen MR) is 71.6 cm³/mol. The van der Waals surface area contributed by atoms with Crippen molar-refractivity contribution in [3.8, 4) is 11.5 Å². The topological polar surface area (TPSA) is 35.5 Å². The second-order valence-corrected chi connectivity index (χ2v) is 3.68. The monoisotopic (exact) mass is 334 g/mol. The summed E-state index contributed by atoms with van der Waals surface area (Å²) >= 11 is 1.79. The molecule has 4 heteroatoms. The fourth-order valence-corrected chi connectivity index (χ4v) is 1.86. The fraction of sp³-hybridized carbons (Fsp3) is 0.417. The molecular formula is C12H15IO3. The number of aryl methyl sites for hydroxylation is 1. The molecular weight excluding hydrogens is 319 g/mol. The van der Waals surface area contributed by atoms with Crippen molar-refractivity contribution in [2.75, 3.05) is 6.61 Å². The number of ether oxygens (including phenoxy) is 1. The average Bonchev–Trinajstić information content (AvgIpc) is 2.32. The Balaban J connectivity index is 0.000000606. The van der Waals surface area contributed by atoms with Gasteiger partial charge in [0.05, 0.1) is 12.2 Å². The van der Waals surface area contributed by atoms with E-state index >= 15 is 0 Å². The maximum atomic E-state index is 11.6. The molecule has 2 rings (SSSR count). The zero-order valence-electron chi connectivity index (χ0n) is 9.67. The van der Waals surface area contributed by atoms with Gasteiger partial charge in [-0.05, 0) is 24.6 Å². The van der Waals surface area contributed by atoms with Crippen LogP contribution in [0.4, 0.5) is 0 Å². The summed E-state index contributed by atoms with van der Waals surface area (Å²) < 4.78 is 10.6. The molecule has 0 saturated carbocycles. The van der Waals surface area contributed by atoms with Gasteiger partial charge in [0.25, 0.3) is 0 Å². The van der Waals surface area contributed by atoms with Gasteiger partial charge >= 0.3 is 0 Å². The van der Waals surface area contributed by atoms with Crippen LogP contribution in [-0.2, 0) is 0 Å². The van der Waals surface area contributed by atoms with Crippen LogP contribution in [-0.4, -0.2) is 12.4 Å². The van der Waals surface area contributed by atoms with Crippen molar-refractivity contribution in [2.24, 2.45) is 0 Å². The summed E-state index contributed by atoms with van der Waals surface area (Å²) in [5, 5.41) is 0. The minimum Gasteiger partial charge on any atom is -0.488 e. The Hall–Kier alpha value is -0.780. The van der Waals surface area contributed by atoms with E-state index in [0.717, 1.165) is 5.56 Å². The van der Waals surface area contributed by atoms with Crippen LogP contribution in [0.3, 0.4) is 0 Å². The van der Waals surface area contributed by atoms with Gasteiger partial charge in [0.2, 0.25) is 0 Å². The quantitative estimate of drug-likeness (QED) is 0.735. The predicted octanol–water partition coefficient (Wildman–Crippen LogP) is 3.72. The molecule has 0 atom stereocenters. The Morgan fingerprint density at radius 1 is 1.38 bits per heavy atom. The lowest BCUT2D eigenvalue weighted by Crippen LogP contribution is -2.15. The highest BCUT2D eigenvalue weighted by Crippen LogP contribution is 2.36. The molecule has 0 saturated heterocycles. The first-order valence-corrected chi connectivity index (χ1v) is 6.19. The summed E-state index contributed by atoms with van der Waals surface area (Å²) in [6, 6.07) is 3.71. The number of rotatable bonds is 1. The number of benzene rings is 1. The van der Waals surface area contributed by atoms with Crippen LogP contribution < -0.4 is 7.80 Å². The fourth-order valence-electron chi connectivity index (χ4n) is 1.53. The molecule has 3 nitrogen and oxygen atoms in total. The van der Waals surface area contributed by atoms with E-state index in [4.69, 9.17) is 7.80 Å². The third-order valence-corrected chi connectivity index (χ3v) is 2.63.